The van der Waals surface area contributed by atoms with E-state index in [1.807, 2.05) is 11.8 Å². The molecule has 2 amide bonds. The lowest BCUT2D eigenvalue weighted by Gasteiger charge is -2.26. The van der Waals surface area contributed by atoms with Crippen molar-refractivity contribution in [1.29, 1.82) is 0 Å². The quantitative estimate of drug-likeness (QED) is 0.742. The van der Waals surface area contributed by atoms with Crippen LogP contribution in [0.2, 0.25) is 0 Å². The Kier molecular flexibility index (Phi) is 5.19. The minimum atomic E-state index is -0.338. The van der Waals surface area contributed by atoms with Gasteiger partial charge in [-0.15, -0.1) is 0 Å². The van der Waals surface area contributed by atoms with E-state index in [0.29, 0.717) is 25.1 Å². The molecule has 0 spiro atoms. The number of anilines is 1. The Morgan fingerprint density at radius 3 is 2.67 bits per heavy atom. The molecule has 0 radical (unpaired) electrons. The average molecular weight is 293 g/mol. The minimum Gasteiger partial charge on any atom is -0.395 e. The molecule has 116 valence electrons. The third-order valence-electron chi connectivity index (χ3n) is 3.78. The number of nitrogens with one attached hydrogen (secondary N) is 2. The Bertz CT molecular complexity index is 505. The van der Waals surface area contributed by atoms with Crippen molar-refractivity contribution >= 4 is 17.5 Å². The van der Waals surface area contributed by atoms with Gasteiger partial charge in [0.2, 0.25) is 5.91 Å². The zero-order chi connectivity index (χ0) is 15.2. The maximum atomic E-state index is 12.0. The summed E-state index contributed by atoms with van der Waals surface area (Å²) in [5.74, 6) is -0.242. The lowest BCUT2D eigenvalue weighted by molar-refractivity contribution is -0.131. The van der Waals surface area contributed by atoms with E-state index in [4.69, 9.17) is 5.73 Å². The van der Waals surface area contributed by atoms with Gasteiger partial charge in [-0.1, -0.05) is 6.92 Å². The van der Waals surface area contributed by atoms with E-state index in [1.165, 1.54) is 6.42 Å². The summed E-state index contributed by atoms with van der Waals surface area (Å²) >= 11 is 0. The van der Waals surface area contributed by atoms with Crippen LogP contribution >= 0.6 is 0 Å². The zero-order valence-corrected chi connectivity index (χ0v) is 12.4. The standard InChI is InChI=1S/C14H23N5O2/c1-2-10-12(15)13(18-17-10)14(21)16-7-6-11(20)19-8-4-3-5-9-19/h2-9,15H2,1H3,(H,16,21)(H,17,18). The van der Waals surface area contributed by atoms with Gasteiger partial charge in [0.15, 0.2) is 5.69 Å². The first kappa shape index (κ1) is 15.3. The van der Waals surface area contributed by atoms with Crippen LogP contribution in [0.25, 0.3) is 0 Å². The summed E-state index contributed by atoms with van der Waals surface area (Å²) in [6, 6.07) is 0. The topological polar surface area (TPSA) is 104 Å². The van der Waals surface area contributed by atoms with Crippen LogP contribution in [0.3, 0.4) is 0 Å². The summed E-state index contributed by atoms with van der Waals surface area (Å²) in [6.45, 7) is 3.91. The molecule has 4 N–H and O–H groups in total. The van der Waals surface area contributed by atoms with E-state index in [2.05, 4.69) is 15.5 Å². The average Bonchev–Trinajstić information content (AvgIpc) is 2.88. The number of carbonyl (C=O) groups excluding carboxylic acids is 2. The van der Waals surface area contributed by atoms with Crippen molar-refractivity contribution in [3.05, 3.63) is 11.4 Å². The van der Waals surface area contributed by atoms with Crippen molar-refractivity contribution in [2.24, 2.45) is 0 Å². The number of nitrogens with zero attached hydrogens (tertiary/aromatic N) is 2. The van der Waals surface area contributed by atoms with Crippen LogP contribution in [0.1, 0.15) is 48.8 Å². The van der Waals surface area contributed by atoms with E-state index < -0.39 is 0 Å². The molecule has 0 saturated carbocycles. The normalized spacial score (nSPS) is 15.0. The molecule has 1 fully saturated rings. The molecular weight excluding hydrogens is 270 g/mol. The maximum absolute atomic E-state index is 12.0. The SMILES string of the molecule is CCc1[nH]nc(C(=O)NCCC(=O)N2CCCCC2)c1N. The third-order valence-corrected chi connectivity index (χ3v) is 3.78. The molecule has 21 heavy (non-hydrogen) atoms. The molecule has 7 nitrogen and oxygen atoms in total. The number of piperidine rings is 1. The van der Waals surface area contributed by atoms with Crippen molar-refractivity contribution in [1.82, 2.24) is 20.4 Å². The predicted molar refractivity (Wildman–Crippen MR) is 79.8 cm³/mol. The third kappa shape index (κ3) is 3.74. The summed E-state index contributed by atoms with van der Waals surface area (Å²) in [5, 5.41) is 9.36. The van der Waals surface area contributed by atoms with Gasteiger partial charge in [-0.3, -0.25) is 14.7 Å². The van der Waals surface area contributed by atoms with Crippen LogP contribution in [0.5, 0.6) is 0 Å². The van der Waals surface area contributed by atoms with Crippen LogP contribution < -0.4 is 11.1 Å². The second-order valence-corrected chi connectivity index (χ2v) is 5.27. The molecule has 1 saturated heterocycles. The second-order valence-electron chi connectivity index (χ2n) is 5.27. The molecule has 1 aromatic heterocycles. The summed E-state index contributed by atoms with van der Waals surface area (Å²) < 4.78 is 0. The lowest BCUT2D eigenvalue weighted by Crippen LogP contribution is -2.37. The number of hydrogen-bond acceptors (Lipinski definition) is 4. The molecule has 0 aliphatic carbocycles. The summed E-state index contributed by atoms with van der Waals surface area (Å²) in [5.41, 5.74) is 7.18. The molecule has 1 aliphatic heterocycles. The van der Waals surface area contributed by atoms with Crippen molar-refractivity contribution in [3.63, 3.8) is 0 Å². The first-order valence-electron chi connectivity index (χ1n) is 7.52. The molecular formula is C14H23N5O2. The van der Waals surface area contributed by atoms with Crippen molar-refractivity contribution < 1.29 is 9.59 Å². The van der Waals surface area contributed by atoms with Gasteiger partial charge in [-0.25, -0.2) is 0 Å². The molecule has 1 aromatic rings. The van der Waals surface area contributed by atoms with E-state index >= 15 is 0 Å². The van der Waals surface area contributed by atoms with E-state index in [0.717, 1.165) is 31.6 Å². The molecule has 1 aliphatic rings. The van der Waals surface area contributed by atoms with Crippen molar-refractivity contribution in [2.45, 2.75) is 39.0 Å². The number of carbonyl (C=O) groups is 2. The number of hydrogen-bond donors (Lipinski definition) is 3. The largest absolute Gasteiger partial charge is 0.395 e. The van der Waals surface area contributed by atoms with Gasteiger partial charge < -0.3 is 16.0 Å². The number of aromatic amines is 1. The van der Waals surface area contributed by atoms with E-state index in [9.17, 15) is 9.59 Å². The highest BCUT2D eigenvalue weighted by molar-refractivity contribution is 5.97. The number of aromatic nitrogens is 2. The fourth-order valence-electron chi connectivity index (χ4n) is 2.50. The maximum Gasteiger partial charge on any atom is 0.273 e. The lowest BCUT2D eigenvalue weighted by atomic mass is 10.1. The monoisotopic (exact) mass is 293 g/mol. The number of rotatable bonds is 5. The van der Waals surface area contributed by atoms with Gasteiger partial charge in [0.1, 0.15) is 0 Å². The fraction of sp³-hybridized carbons (Fsp3) is 0.643. The number of aryl methyl sites for hydroxylation is 1. The first-order valence-corrected chi connectivity index (χ1v) is 7.52. The van der Waals surface area contributed by atoms with Crippen LogP contribution in [-0.2, 0) is 11.2 Å². The van der Waals surface area contributed by atoms with Gasteiger partial charge >= 0.3 is 0 Å². The first-order chi connectivity index (χ1) is 10.1. The summed E-state index contributed by atoms with van der Waals surface area (Å²) in [6.07, 6.45) is 4.35. The Labute approximate surface area is 124 Å². The Hall–Kier alpha value is -2.05. The number of nitrogen functional groups attached to an aromatic ring is 1. The van der Waals surface area contributed by atoms with Gasteiger partial charge in [-0.2, -0.15) is 5.10 Å². The summed E-state index contributed by atoms with van der Waals surface area (Å²) in [7, 11) is 0. The molecule has 0 atom stereocenters. The Balaban J connectivity index is 1.78. The van der Waals surface area contributed by atoms with Crippen molar-refractivity contribution in [3.8, 4) is 0 Å². The molecule has 0 aromatic carbocycles. The predicted octanol–water partition coefficient (Wildman–Crippen LogP) is 0.687. The molecule has 2 heterocycles. The molecule has 0 unspecified atom stereocenters. The van der Waals surface area contributed by atoms with Crippen LogP contribution in [0.15, 0.2) is 0 Å². The van der Waals surface area contributed by atoms with Gasteiger partial charge in [0.05, 0.1) is 11.4 Å². The second kappa shape index (κ2) is 7.10. The number of nitrogens with two attached hydrogens (primary N) is 1. The van der Waals surface area contributed by atoms with E-state index in [1.54, 1.807) is 0 Å². The van der Waals surface area contributed by atoms with Crippen LogP contribution in [0.4, 0.5) is 5.69 Å². The minimum absolute atomic E-state index is 0.0965. The molecule has 2 rings (SSSR count). The molecule has 7 heteroatoms. The number of H-pyrrole nitrogens is 1. The number of likely N-dealkylation sites (tertiary alicyclic amines) is 1. The van der Waals surface area contributed by atoms with Gasteiger partial charge in [-0.05, 0) is 25.7 Å². The van der Waals surface area contributed by atoms with Gasteiger partial charge in [0.25, 0.3) is 5.91 Å². The number of amides is 2. The van der Waals surface area contributed by atoms with Crippen molar-refractivity contribution in [2.75, 3.05) is 25.4 Å². The highest BCUT2D eigenvalue weighted by atomic mass is 16.2. The Morgan fingerprint density at radius 1 is 1.33 bits per heavy atom. The Morgan fingerprint density at radius 2 is 2.05 bits per heavy atom. The zero-order valence-electron chi connectivity index (χ0n) is 12.4. The van der Waals surface area contributed by atoms with Gasteiger partial charge in [0, 0.05) is 26.1 Å². The highest BCUT2D eigenvalue weighted by Crippen LogP contribution is 2.14. The molecule has 0 bridgehead atoms. The highest BCUT2D eigenvalue weighted by Gasteiger charge is 2.18. The fourth-order valence-corrected chi connectivity index (χ4v) is 2.50. The van der Waals surface area contributed by atoms with E-state index in [-0.39, 0.29) is 17.5 Å². The summed E-state index contributed by atoms with van der Waals surface area (Å²) in [4.78, 5) is 25.8. The van der Waals surface area contributed by atoms with Crippen LogP contribution in [-0.4, -0.2) is 46.5 Å². The smallest absolute Gasteiger partial charge is 0.273 e. The van der Waals surface area contributed by atoms with Crippen LogP contribution in [0, 0.1) is 0 Å².